The van der Waals surface area contributed by atoms with Gasteiger partial charge in [0.25, 0.3) is 5.91 Å². The predicted molar refractivity (Wildman–Crippen MR) is 130 cm³/mol. The molecule has 1 aliphatic heterocycles. The lowest BCUT2D eigenvalue weighted by molar-refractivity contribution is 0.0554. The highest BCUT2D eigenvalue weighted by Crippen LogP contribution is 2.34. The van der Waals surface area contributed by atoms with Crippen LogP contribution in [0.4, 0.5) is 0 Å². The van der Waals surface area contributed by atoms with Crippen LogP contribution in [0.3, 0.4) is 0 Å². The van der Waals surface area contributed by atoms with Crippen LogP contribution in [0.25, 0.3) is 10.2 Å². The number of carbonyl (C=O) groups is 1. The zero-order valence-corrected chi connectivity index (χ0v) is 19.6. The lowest BCUT2D eigenvalue weighted by Crippen LogP contribution is -2.48. The second-order valence-electron chi connectivity index (χ2n) is 8.54. The molecule has 5 rings (SSSR count). The van der Waals surface area contributed by atoms with Crippen LogP contribution in [-0.4, -0.2) is 52.4 Å². The predicted octanol–water partition coefficient (Wildman–Crippen LogP) is 5.68. The zero-order chi connectivity index (χ0) is 21.2. The molecule has 0 N–H and O–H groups in total. The Balaban J connectivity index is 1.22. The molecule has 1 aromatic heterocycles. The minimum atomic E-state index is 0.225. The molecule has 2 heterocycles. The first-order valence-electron chi connectivity index (χ1n) is 11.3. The number of rotatable bonds is 7. The van der Waals surface area contributed by atoms with Crippen LogP contribution in [0, 0.1) is 0 Å². The van der Waals surface area contributed by atoms with E-state index in [0.717, 1.165) is 66.5 Å². The van der Waals surface area contributed by atoms with Crippen LogP contribution >= 0.6 is 23.1 Å². The lowest BCUT2D eigenvalue weighted by atomic mass is 10.0. The highest BCUT2D eigenvalue weighted by atomic mass is 32.2. The molecule has 1 aliphatic carbocycles. The van der Waals surface area contributed by atoms with Crippen LogP contribution < -0.4 is 0 Å². The average molecular weight is 452 g/mol. The largest absolute Gasteiger partial charge is 0.333 e. The quantitative estimate of drug-likeness (QED) is 0.433. The van der Waals surface area contributed by atoms with Crippen LogP contribution in [0.15, 0.2) is 52.9 Å². The number of aromatic nitrogens is 1. The van der Waals surface area contributed by atoms with Crippen molar-refractivity contribution in [2.45, 2.75) is 54.8 Å². The van der Waals surface area contributed by atoms with Crippen molar-refractivity contribution in [1.29, 1.82) is 0 Å². The smallest absolute Gasteiger partial charge is 0.254 e. The molecular weight excluding hydrogens is 422 g/mol. The fourth-order valence-corrected chi connectivity index (χ4v) is 6.47. The Kier molecular flexibility index (Phi) is 6.30. The number of hydrogen-bond acceptors (Lipinski definition) is 5. The summed E-state index contributed by atoms with van der Waals surface area (Å²) in [5.41, 5.74) is 3.13. The molecule has 2 aliphatic rings. The SMILES string of the molecule is CCN1CCC(N(C(=O)c2ccc(CSc3nc4ccccc4s3)cc2)C2CC2)CC1. The van der Waals surface area contributed by atoms with Gasteiger partial charge in [-0.05, 0) is 62.1 Å². The second kappa shape index (κ2) is 9.31. The third-order valence-electron chi connectivity index (χ3n) is 6.41. The Bertz CT molecular complexity index is 1000. The van der Waals surface area contributed by atoms with Crippen molar-refractivity contribution in [3.05, 3.63) is 59.7 Å². The first-order chi connectivity index (χ1) is 15.2. The minimum absolute atomic E-state index is 0.225. The molecule has 1 saturated heterocycles. The van der Waals surface area contributed by atoms with Gasteiger partial charge in [0.1, 0.15) is 0 Å². The number of para-hydroxylation sites is 1. The summed E-state index contributed by atoms with van der Waals surface area (Å²) in [5, 5.41) is 0. The van der Waals surface area contributed by atoms with Crippen molar-refractivity contribution in [3.8, 4) is 0 Å². The molecule has 4 nitrogen and oxygen atoms in total. The molecule has 0 radical (unpaired) electrons. The zero-order valence-electron chi connectivity index (χ0n) is 18.0. The number of piperidine rings is 1. The lowest BCUT2D eigenvalue weighted by Gasteiger charge is -2.38. The van der Waals surface area contributed by atoms with Crippen molar-refractivity contribution in [2.75, 3.05) is 19.6 Å². The van der Waals surface area contributed by atoms with Crippen molar-refractivity contribution in [1.82, 2.24) is 14.8 Å². The summed E-state index contributed by atoms with van der Waals surface area (Å²) in [5.74, 6) is 1.10. The molecule has 2 fully saturated rings. The molecular formula is C25H29N3OS2. The summed E-state index contributed by atoms with van der Waals surface area (Å²) in [6.07, 6.45) is 4.53. The fraction of sp³-hybridized carbons (Fsp3) is 0.440. The average Bonchev–Trinajstić information content (AvgIpc) is 3.56. The third kappa shape index (κ3) is 4.81. The van der Waals surface area contributed by atoms with E-state index in [-0.39, 0.29) is 5.91 Å². The van der Waals surface area contributed by atoms with Crippen molar-refractivity contribution in [3.63, 3.8) is 0 Å². The second-order valence-corrected chi connectivity index (χ2v) is 10.8. The van der Waals surface area contributed by atoms with Crippen molar-refractivity contribution < 1.29 is 4.79 Å². The molecule has 31 heavy (non-hydrogen) atoms. The molecule has 1 amide bonds. The molecule has 0 unspecified atom stereocenters. The summed E-state index contributed by atoms with van der Waals surface area (Å²) in [4.78, 5) is 22.8. The summed E-state index contributed by atoms with van der Waals surface area (Å²) < 4.78 is 2.33. The number of benzene rings is 2. The first kappa shape index (κ1) is 21.0. The number of thiazole rings is 1. The maximum Gasteiger partial charge on any atom is 0.254 e. The van der Waals surface area contributed by atoms with E-state index in [1.807, 2.05) is 18.2 Å². The normalized spacial score (nSPS) is 17.8. The van der Waals surface area contributed by atoms with E-state index in [1.165, 1.54) is 10.3 Å². The monoisotopic (exact) mass is 451 g/mol. The fourth-order valence-electron chi connectivity index (χ4n) is 4.45. The van der Waals surface area contributed by atoms with Gasteiger partial charge in [-0.15, -0.1) is 11.3 Å². The van der Waals surface area contributed by atoms with Gasteiger partial charge in [0.05, 0.1) is 10.2 Å². The van der Waals surface area contributed by atoms with E-state index >= 15 is 0 Å². The third-order valence-corrected chi connectivity index (χ3v) is 8.66. The number of thioether (sulfide) groups is 1. The van der Waals surface area contributed by atoms with Gasteiger partial charge < -0.3 is 9.80 Å². The number of carbonyl (C=O) groups excluding carboxylic acids is 1. The Morgan fingerprint density at radius 2 is 1.77 bits per heavy atom. The van der Waals surface area contributed by atoms with Crippen LogP contribution in [-0.2, 0) is 5.75 Å². The highest BCUT2D eigenvalue weighted by Gasteiger charge is 2.38. The topological polar surface area (TPSA) is 36.4 Å². The molecule has 0 spiro atoms. The van der Waals surface area contributed by atoms with Gasteiger partial charge in [0.15, 0.2) is 4.34 Å². The number of fused-ring (bicyclic) bond motifs is 1. The van der Waals surface area contributed by atoms with Crippen LogP contribution in [0.1, 0.15) is 48.5 Å². The Labute approximate surface area is 192 Å². The van der Waals surface area contributed by atoms with Crippen molar-refractivity contribution in [2.24, 2.45) is 0 Å². The van der Waals surface area contributed by atoms with Crippen LogP contribution in [0.2, 0.25) is 0 Å². The maximum absolute atomic E-state index is 13.4. The Morgan fingerprint density at radius 3 is 2.45 bits per heavy atom. The van der Waals surface area contributed by atoms with E-state index in [9.17, 15) is 4.79 Å². The summed E-state index contributed by atoms with van der Waals surface area (Å²) in [7, 11) is 0. The van der Waals surface area contributed by atoms with Crippen molar-refractivity contribution >= 4 is 39.2 Å². The number of likely N-dealkylation sites (tertiary alicyclic amines) is 1. The summed E-state index contributed by atoms with van der Waals surface area (Å²) in [6.45, 7) is 5.56. The highest BCUT2D eigenvalue weighted by molar-refractivity contribution is 8.00. The van der Waals surface area contributed by atoms with E-state index in [2.05, 4.69) is 47.1 Å². The summed E-state index contributed by atoms with van der Waals surface area (Å²) in [6, 6.07) is 17.4. The molecule has 0 bridgehead atoms. The van der Waals surface area contributed by atoms with Gasteiger partial charge in [-0.3, -0.25) is 4.79 Å². The summed E-state index contributed by atoms with van der Waals surface area (Å²) >= 11 is 3.51. The van der Waals surface area contributed by atoms with Crippen LogP contribution in [0.5, 0.6) is 0 Å². The Morgan fingerprint density at radius 1 is 1.06 bits per heavy atom. The van der Waals surface area contributed by atoms with Gasteiger partial charge in [0.2, 0.25) is 0 Å². The number of amides is 1. The minimum Gasteiger partial charge on any atom is -0.333 e. The van der Waals surface area contributed by atoms with Gasteiger partial charge in [-0.2, -0.15) is 0 Å². The van der Waals surface area contributed by atoms with Gasteiger partial charge in [0, 0.05) is 36.5 Å². The first-order valence-corrected chi connectivity index (χ1v) is 13.1. The van der Waals surface area contributed by atoms with Gasteiger partial charge in [-0.25, -0.2) is 4.98 Å². The molecule has 1 saturated carbocycles. The molecule has 162 valence electrons. The Hall–Kier alpha value is -1.89. The molecule has 6 heteroatoms. The van der Waals surface area contributed by atoms with E-state index in [1.54, 1.807) is 23.1 Å². The molecule has 2 aromatic carbocycles. The maximum atomic E-state index is 13.4. The number of hydrogen-bond donors (Lipinski definition) is 0. The van der Waals surface area contributed by atoms with E-state index in [0.29, 0.717) is 12.1 Å². The number of nitrogens with zero attached hydrogens (tertiary/aromatic N) is 3. The van der Waals surface area contributed by atoms with E-state index < -0.39 is 0 Å². The van der Waals surface area contributed by atoms with E-state index in [4.69, 9.17) is 4.98 Å². The molecule has 0 atom stereocenters. The standard InChI is InChI=1S/C25H29N3OS2/c1-2-27-15-13-21(14-16-27)28(20-11-12-20)24(29)19-9-7-18(8-10-19)17-30-25-26-22-5-3-4-6-23(22)31-25/h3-10,20-21H,2,11-17H2,1H3. The van der Waals surface area contributed by atoms with Gasteiger partial charge >= 0.3 is 0 Å². The molecule has 3 aromatic rings. The van der Waals surface area contributed by atoms with Gasteiger partial charge in [-0.1, -0.05) is 43.0 Å².